The molecule has 150 valence electrons. The third kappa shape index (κ3) is 3.85. The highest BCUT2D eigenvalue weighted by molar-refractivity contribution is 7.17. The topological polar surface area (TPSA) is 95.5 Å². The van der Waals surface area contributed by atoms with E-state index in [0.29, 0.717) is 29.3 Å². The van der Waals surface area contributed by atoms with E-state index >= 15 is 0 Å². The number of thiophene rings is 1. The second kappa shape index (κ2) is 7.70. The number of hydrogen-bond acceptors (Lipinski definition) is 4. The van der Waals surface area contributed by atoms with E-state index in [9.17, 15) is 19.5 Å². The number of carboxylic acids is 1. The van der Waals surface area contributed by atoms with Gasteiger partial charge in [0.1, 0.15) is 5.00 Å². The molecule has 1 heterocycles. The fourth-order valence-electron chi connectivity index (χ4n) is 4.15. The summed E-state index contributed by atoms with van der Waals surface area (Å²) in [4.78, 5) is 38.6. The molecule has 3 atom stereocenters. The summed E-state index contributed by atoms with van der Waals surface area (Å²) < 4.78 is 0. The highest BCUT2D eigenvalue weighted by Gasteiger charge is 2.36. The summed E-state index contributed by atoms with van der Waals surface area (Å²) >= 11 is 1.49. The van der Waals surface area contributed by atoms with Gasteiger partial charge in [0.15, 0.2) is 0 Å². The van der Waals surface area contributed by atoms with Crippen LogP contribution in [-0.4, -0.2) is 28.9 Å². The summed E-state index contributed by atoms with van der Waals surface area (Å²) in [5.74, 6) is -2.13. The Kier molecular flexibility index (Phi) is 5.27. The first-order valence-corrected chi connectivity index (χ1v) is 10.9. The molecule has 3 aliphatic rings. The van der Waals surface area contributed by atoms with Crippen molar-refractivity contribution < 1.29 is 19.5 Å². The first-order chi connectivity index (χ1) is 13.4. The highest BCUT2D eigenvalue weighted by atomic mass is 32.1. The van der Waals surface area contributed by atoms with E-state index in [2.05, 4.69) is 17.6 Å². The summed E-state index contributed by atoms with van der Waals surface area (Å²) in [7, 11) is 0. The minimum atomic E-state index is -0.949. The standard InChI is InChI=1S/C21H26N2O4S/c1-11-6-9-15-16(10-11)28-20(17(15)19(25)22-12-7-8-12)23-18(24)13-4-2-3-5-14(13)21(26)27/h2-3,11-14H,4-10H2,1H3,(H,22,25)(H,23,24)(H,26,27)/t11-,13+,14-/m0/s1. The van der Waals surface area contributed by atoms with Gasteiger partial charge in [-0.1, -0.05) is 19.1 Å². The Bertz CT molecular complexity index is 840. The van der Waals surface area contributed by atoms with Gasteiger partial charge in [-0.05, 0) is 56.4 Å². The third-order valence-electron chi connectivity index (χ3n) is 5.97. The maximum atomic E-state index is 12.9. The molecular formula is C21H26N2O4S. The third-order valence-corrected chi connectivity index (χ3v) is 7.14. The number of carbonyl (C=O) groups excluding carboxylic acids is 2. The Labute approximate surface area is 168 Å². The molecule has 7 heteroatoms. The van der Waals surface area contributed by atoms with E-state index in [1.165, 1.54) is 16.2 Å². The number of amides is 2. The molecule has 3 aliphatic carbocycles. The molecule has 1 fully saturated rings. The molecule has 6 nitrogen and oxygen atoms in total. The Morgan fingerprint density at radius 3 is 2.50 bits per heavy atom. The molecule has 2 amide bonds. The van der Waals surface area contributed by atoms with Crippen LogP contribution in [0.4, 0.5) is 5.00 Å². The predicted molar refractivity (Wildman–Crippen MR) is 108 cm³/mol. The van der Waals surface area contributed by atoms with Crippen LogP contribution in [0.25, 0.3) is 0 Å². The smallest absolute Gasteiger partial charge is 0.307 e. The number of aliphatic carboxylic acids is 1. The van der Waals surface area contributed by atoms with Gasteiger partial charge < -0.3 is 15.7 Å². The van der Waals surface area contributed by atoms with Gasteiger partial charge >= 0.3 is 5.97 Å². The van der Waals surface area contributed by atoms with Gasteiger partial charge in [0.05, 0.1) is 17.4 Å². The number of nitrogens with one attached hydrogen (secondary N) is 2. The van der Waals surface area contributed by atoms with Crippen molar-refractivity contribution in [3.8, 4) is 0 Å². The minimum absolute atomic E-state index is 0.108. The maximum absolute atomic E-state index is 12.9. The summed E-state index contributed by atoms with van der Waals surface area (Å²) in [6.07, 6.45) is 9.28. The van der Waals surface area contributed by atoms with Gasteiger partial charge in [-0.3, -0.25) is 14.4 Å². The number of rotatable bonds is 5. The lowest BCUT2D eigenvalue weighted by Crippen LogP contribution is -2.35. The number of anilines is 1. The van der Waals surface area contributed by atoms with Crippen LogP contribution in [0.15, 0.2) is 12.2 Å². The fourth-order valence-corrected chi connectivity index (χ4v) is 5.56. The van der Waals surface area contributed by atoms with E-state index in [1.54, 1.807) is 0 Å². The second-order valence-corrected chi connectivity index (χ2v) is 9.39. The van der Waals surface area contributed by atoms with Gasteiger partial charge in [0.25, 0.3) is 5.91 Å². The number of fused-ring (bicyclic) bond motifs is 1. The van der Waals surface area contributed by atoms with Crippen molar-refractivity contribution >= 4 is 34.1 Å². The zero-order chi connectivity index (χ0) is 19.8. The molecule has 1 aromatic rings. The molecule has 1 aromatic heterocycles. The molecule has 0 bridgehead atoms. The first-order valence-electron chi connectivity index (χ1n) is 10.1. The van der Waals surface area contributed by atoms with Gasteiger partial charge in [0, 0.05) is 10.9 Å². The van der Waals surface area contributed by atoms with Crippen LogP contribution in [0, 0.1) is 17.8 Å². The lowest BCUT2D eigenvalue weighted by Gasteiger charge is -2.24. The van der Waals surface area contributed by atoms with E-state index in [1.807, 2.05) is 12.2 Å². The lowest BCUT2D eigenvalue weighted by atomic mass is 9.82. The number of carboxylic acid groups (broad SMARTS) is 1. The van der Waals surface area contributed by atoms with Crippen molar-refractivity contribution in [3.05, 3.63) is 28.2 Å². The molecule has 0 saturated heterocycles. The second-order valence-electron chi connectivity index (χ2n) is 8.29. The number of carbonyl (C=O) groups is 3. The van der Waals surface area contributed by atoms with Gasteiger partial charge in [0.2, 0.25) is 5.91 Å². The van der Waals surface area contributed by atoms with E-state index in [-0.39, 0.29) is 17.9 Å². The molecule has 3 N–H and O–H groups in total. The van der Waals surface area contributed by atoms with Gasteiger partial charge in [-0.15, -0.1) is 11.3 Å². The quantitative estimate of drug-likeness (QED) is 0.658. The highest BCUT2D eigenvalue weighted by Crippen LogP contribution is 2.40. The fraction of sp³-hybridized carbons (Fsp3) is 0.571. The Balaban J connectivity index is 1.61. The van der Waals surface area contributed by atoms with Crippen molar-refractivity contribution in [2.75, 3.05) is 5.32 Å². The monoisotopic (exact) mass is 402 g/mol. The zero-order valence-corrected chi connectivity index (χ0v) is 16.8. The van der Waals surface area contributed by atoms with E-state index < -0.39 is 17.8 Å². The van der Waals surface area contributed by atoms with Crippen LogP contribution >= 0.6 is 11.3 Å². The molecule has 0 radical (unpaired) electrons. The molecule has 1 saturated carbocycles. The van der Waals surface area contributed by atoms with Crippen LogP contribution in [-0.2, 0) is 22.4 Å². The SMILES string of the molecule is C[C@H]1CCc2c(sc(NC(=O)[C@@H]3CC=CC[C@@H]3C(=O)O)c2C(=O)NC2CC2)C1. The van der Waals surface area contributed by atoms with Crippen LogP contribution in [0.5, 0.6) is 0 Å². The normalized spacial score (nSPS) is 26.4. The van der Waals surface area contributed by atoms with E-state index in [0.717, 1.165) is 37.7 Å². The van der Waals surface area contributed by atoms with Gasteiger partial charge in [-0.25, -0.2) is 0 Å². The molecule has 28 heavy (non-hydrogen) atoms. The minimum Gasteiger partial charge on any atom is -0.481 e. The zero-order valence-electron chi connectivity index (χ0n) is 16.0. The van der Waals surface area contributed by atoms with Crippen molar-refractivity contribution in [2.24, 2.45) is 17.8 Å². The predicted octanol–water partition coefficient (Wildman–Crippen LogP) is 3.37. The maximum Gasteiger partial charge on any atom is 0.307 e. The number of hydrogen-bond donors (Lipinski definition) is 3. The van der Waals surface area contributed by atoms with Gasteiger partial charge in [-0.2, -0.15) is 0 Å². The average Bonchev–Trinajstić information content (AvgIpc) is 3.40. The van der Waals surface area contributed by atoms with Crippen molar-refractivity contribution in [1.82, 2.24) is 5.32 Å². The summed E-state index contributed by atoms with van der Waals surface area (Å²) in [6, 6.07) is 0.244. The summed E-state index contributed by atoms with van der Waals surface area (Å²) in [5, 5.41) is 16.0. The Morgan fingerprint density at radius 2 is 1.82 bits per heavy atom. The molecule has 0 aliphatic heterocycles. The molecule has 0 spiro atoms. The molecule has 4 rings (SSSR count). The largest absolute Gasteiger partial charge is 0.481 e. The molecule has 0 unspecified atom stereocenters. The molecule has 0 aromatic carbocycles. The Hall–Kier alpha value is -2.15. The number of allylic oxidation sites excluding steroid dienone is 2. The summed E-state index contributed by atoms with van der Waals surface area (Å²) in [6.45, 7) is 2.21. The van der Waals surface area contributed by atoms with Crippen LogP contribution in [0.1, 0.15) is 59.8 Å². The van der Waals surface area contributed by atoms with Crippen LogP contribution < -0.4 is 10.6 Å². The first kappa shape index (κ1) is 19.2. The summed E-state index contributed by atoms with van der Waals surface area (Å²) in [5.41, 5.74) is 1.67. The van der Waals surface area contributed by atoms with Crippen LogP contribution in [0.3, 0.4) is 0 Å². The van der Waals surface area contributed by atoms with Crippen LogP contribution in [0.2, 0.25) is 0 Å². The van der Waals surface area contributed by atoms with Crippen molar-refractivity contribution in [1.29, 1.82) is 0 Å². The van der Waals surface area contributed by atoms with E-state index in [4.69, 9.17) is 0 Å². The lowest BCUT2D eigenvalue weighted by molar-refractivity contribution is -0.146. The average molecular weight is 403 g/mol. The van der Waals surface area contributed by atoms with Crippen molar-refractivity contribution in [3.63, 3.8) is 0 Å². The van der Waals surface area contributed by atoms with Crippen molar-refractivity contribution in [2.45, 2.75) is 57.9 Å². The molecular weight excluding hydrogens is 376 g/mol. The Morgan fingerprint density at radius 1 is 1.11 bits per heavy atom.